The molecule has 3 atom stereocenters. The third-order valence-corrected chi connectivity index (χ3v) is 6.91. The second-order valence-electron chi connectivity index (χ2n) is 9.77. The third-order valence-electron chi connectivity index (χ3n) is 6.91. The van der Waals surface area contributed by atoms with E-state index in [1.165, 1.54) is 5.57 Å². The van der Waals surface area contributed by atoms with Crippen LogP contribution in [-0.4, -0.2) is 25.6 Å². The van der Waals surface area contributed by atoms with Crippen LogP contribution in [0.15, 0.2) is 60.2 Å². The molecule has 7 nitrogen and oxygen atoms in total. The highest BCUT2D eigenvalue weighted by atomic mass is 16.5. The Balaban J connectivity index is 1.54. The molecular weight excluding hydrogens is 452 g/mol. The summed E-state index contributed by atoms with van der Waals surface area (Å²) in [5, 5.41) is 17.9. The van der Waals surface area contributed by atoms with E-state index >= 15 is 0 Å². The lowest BCUT2D eigenvalue weighted by Crippen LogP contribution is -2.39. The summed E-state index contributed by atoms with van der Waals surface area (Å²) in [4.78, 5) is 25.2. The van der Waals surface area contributed by atoms with Gasteiger partial charge in [0.15, 0.2) is 0 Å². The Hall–Kier alpha value is -3.79. The number of amides is 3. The molecule has 0 saturated heterocycles. The molecule has 36 heavy (non-hydrogen) atoms. The molecule has 0 spiro atoms. The number of carbonyl (C=O) groups excluding carboxylic acids is 2. The van der Waals surface area contributed by atoms with Crippen LogP contribution in [0, 0.1) is 35.0 Å². The molecule has 3 rings (SSSR count). The van der Waals surface area contributed by atoms with Gasteiger partial charge in [-0.25, -0.2) is 4.79 Å². The van der Waals surface area contributed by atoms with Crippen molar-refractivity contribution < 1.29 is 14.3 Å². The zero-order valence-electron chi connectivity index (χ0n) is 21.5. The Morgan fingerprint density at radius 3 is 2.56 bits per heavy atom. The van der Waals surface area contributed by atoms with Crippen molar-refractivity contribution in [2.24, 2.45) is 23.7 Å². The summed E-state index contributed by atoms with van der Waals surface area (Å²) in [5.74, 6) is 1.99. The van der Waals surface area contributed by atoms with Crippen LogP contribution in [0.5, 0.6) is 5.75 Å². The van der Waals surface area contributed by atoms with Crippen LogP contribution in [0.2, 0.25) is 0 Å². The molecule has 0 bridgehead atoms. The molecule has 2 aromatic carbocycles. The third kappa shape index (κ3) is 7.61. The van der Waals surface area contributed by atoms with Crippen LogP contribution in [0.4, 0.5) is 10.5 Å². The number of rotatable bonds is 9. The van der Waals surface area contributed by atoms with Crippen molar-refractivity contribution in [1.29, 1.82) is 5.26 Å². The van der Waals surface area contributed by atoms with E-state index in [9.17, 15) is 9.59 Å². The molecule has 2 aromatic rings. The van der Waals surface area contributed by atoms with Gasteiger partial charge in [-0.1, -0.05) is 43.7 Å². The fourth-order valence-corrected chi connectivity index (χ4v) is 4.80. The average Bonchev–Trinajstić information content (AvgIpc) is 2.87. The fraction of sp³-hybridized carbons (Fsp3) is 0.414. The maximum absolute atomic E-state index is 12.7. The molecular formula is C29H36N4O3. The topological polar surface area (TPSA) is 103 Å². The van der Waals surface area contributed by atoms with Gasteiger partial charge in [0.05, 0.1) is 18.7 Å². The minimum atomic E-state index is -0.293. The van der Waals surface area contributed by atoms with Crippen LogP contribution < -0.4 is 20.7 Å². The molecule has 0 fully saturated rings. The predicted molar refractivity (Wildman–Crippen MR) is 141 cm³/mol. The normalized spacial score (nSPS) is 19.1. The highest BCUT2D eigenvalue weighted by Gasteiger charge is 2.32. The Bertz CT molecular complexity index is 1120. The Morgan fingerprint density at radius 1 is 1.14 bits per heavy atom. The highest BCUT2D eigenvalue weighted by molar-refractivity contribution is 5.89. The van der Waals surface area contributed by atoms with Crippen LogP contribution in [0.25, 0.3) is 0 Å². The fourth-order valence-electron chi connectivity index (χ4n) is 4.80. The summed E-state index contributed by atoms with van der Waals surface area (Å²) >= 11 is 0. The van der Waals surface area contributed by atoms with E-state index < -0.39 is 0 Å². The SMILES string of the molecule is COc1ccc(CNC(=O)CC2CC(C(C)C)C(CNC(=O)Nc3cccc(C#N)c3)C=C2C)cc1. The van der Waals surface area contributed by atoms with E-state index in [2.05, 4.69) is 48.9 Å². The molecule has 0 heterocycles. The number of nitriles is 1. The number of carbonyl (C=O) groups is 2. The molecule has 0 saturated carbocycles. The summed E-state index contributed by atoms with van der Waals surface area (Å²) in [6.07, 6.45) is 3.60. The Morgan fingerprint density at radius 2 is 1.89 bits per heavy atom. The van der Waals surface area contributed by atoms with E-state index in [1.54, 1.807) is 31.4 Å². The van der Waals surface area contributed by atoms with Gasteiger partial charge in [-0.15, -0.1) is 0 Å². The zero-order chi connectivity index (χ0) is 26.1. The van der Waals surface area contributed by atoms with Gasteiger partial charge in [0.1, 0.15) is 5.75 Å². The first-order chi connectivity index (χ1) is 17.3. The lowest BCUT2D eigenvalue weighted by atomic mass is 9.70. The molecule has 1 aliphatic carbocycles. The van der Waals surface area contributed by atoms with Crippen molar-refractivity contribution in [3.8, 4) is 11.8 Å². The van der Waals surface area contributed by atoms with Gasteiger partial charge < -0.3 is 20.7 Å². The van der Waals surface area contributed by atoms with Crippen molar-refractivity contribution in [2.45, 2.75) is 40.2 Å². The van der Waals surface area contributed by atoms with Crippen LogP contribution in [-0.2, 0) is 11.3 Å². The summed E-state index contributed by atoms with van der Waals surface area (Å²) in [6, 6.07) is 16.3. The second kappa shape index (κ2) is 12.8. The van der Waals surface area contributed by atoms with E-state index in [0.29, 0.717) is 42.6 Å². The van der Waals surface area contributed by atoms with E-state index in [1.807, 2.05) is 24.3 Å². The summed E-state index contributed by atoms with van der Waals surface area (Å²) < 4.78 is 5.18. The largest absolute Gasteiger partial charge is 0.497 e. The number of nitrogens with zero attached hydrogens (tertiary/aromatic N) is 1. The summed E-state index contributed by atoms with van der Waals surface area (Å²) in [5.41, 5.74) is 3.31. The molecule has 0 radical (unpaired) electrons. The molecule has 1 aliphatic rings. The number of anilines is 1. The van der Waals surface area contributed by atoms with E-state index in [4.69, 9.17) is 10.00 Å². The molecule has 190 valence electrons. The van der Waals surface area contributed by atoms with Crippen molar-refractivity contribution >= 4 is 17.6 Å². The quantitative estimate of drug-likeness (QED) is 0.420. The van der Waals surface area contributed by atoms with Gasteiger partial charge in [0, 0.05) is 25.2 Å². The van der Waals surface area contributed by atoms with Crippen molar-refractivity contribution in [3.63, 3.8) is 0 Å². The lowest BCUT2D eigenvalue weighted by molar-refractivity contribution is -0.122. The van der Waals surface area contributed by atoms with Gasteiger partial charge in [-0.05, 0) is 72.9 Å². The molecule has 3 amide bonds. The number of urea groups is 1. The van der Waals surface area contributed by atoms with Crippen LogP contribution in [0.3, 0.4) is 0 Å². The number of benzene rings is 2. The van der Waals surface area contributed by atoms with Gasteiger partial charge in [0.25, 0.3) is 0 Å². The Labute approximate surface area is 213 Å². The van der Waals surface area contributed by atoms with Gasteiger partial charge in [0.2, 0.25) is 5.91 Å². The predicted octanol–water partition coefficient (Wildman–Crippen LogP) is 5.25. The number of allylic oxidation sites excluding steroid dienone is 1. The molecule has 3 N–H and O–H groups in total. The number of hydrogen-bond acceptors (Lipinski definition) is 4. The minimum Gasteiger partial charge on any atom is -0.497 e. The number of hydrogen-bond donors (Lipinski definition) is 3. The Kier molecular flexibility index (Phi) is 9.52. The maximum Gasteiger partial charge on any atom is 0.319 e. The standard InChI is InChI=1S/C29H36N4O3/c1-19(2)27-14-23(15-28(34)31-17-21-8-10-26(36-4)11-9-21)20(3)12-24(27)18-32-29(35)33-25-7-5-6-22(13-25)16-30/h5-13,19,23-24,27H,14-15,17-18H2,1-4H3,(H,31,34)(H2,32,33,35). The van der Waals surface area contributed by atoms with Gasteiger partial charge in [-0.2, -0.15) is 5.26 Å². The van der Waals surface area contributed by atoms with Crippen molar-refractivity contribution in [3.05, 3.63) is 71.3 Å². The smallest absolute Gasteiger partial charge is 0.319 e. The molecule has 3 unspecified atom stereocenters. The summed E-state index contributed by atoms with van der Waals surface area (Å²) in [7, 11) is 1.63. The maximum atomic E-state index is 12.7. The van der Waals surface area contributed by atoms with Gasteiger partial charge in [-0.3, -0.25) is 4.79 Å². The highest BCUT2D eigenvalue weighted by Crippen LogP contribution is 2.38. The monoisotopic (exact) mass is 488 g/mol. The lowest BCUT2D eigenvalue weighted by Gasteiger charge is -2.37. The first kappa shape index (κ1) is 26.8. The van der Waals surface area contributed by atoms with Crippen LogP contribution in [0.1, 0.15) is 44.7 Å². The second-order valence-corrected chi connectivity index (χ2v) is 9.77. The number of nitrogens with one attached hydrogen (secondary N) is 3. The van der Waals surface area contributed by atoms with Crippen molar-refractivity contribution in [2.75, 3.05) is 19.0 Å². The molecule has 7 heteroatoms. The van der Waals surface area contributed by atoms with E-state index in [-0.39, 0.29) is 23.8 Å². The van der Waals surface area contributed by atoms with Gasteiger partial charge >= 0.3 is 6.03 Å². The summed E-state index contributed by atoms with van der Waals surface area (Å²) in [6.45, 7) is 7.48. The number of methoxy groups -OCH3 is 1. The average molecular weight is 489 g/mol. The number of ether oxygens (including phenoxy) is 1. The van der Waals surface area contributed by atoms with Crippen molar-refractivity contribution in [1.82, 2.24) is 10.6 Å². The zero-order valence-corrected chi connectivity index (χ0v) is 21.5. The van der Waals surface area contributed by atoms with Crippen LogP contribution >= 0.6 is 0 Å². The molecule has 0 aromatic heterocycles. The molecule has 0 aliphatic heterocycles. The first-order valence-electron chi connectivity index (χ1n) is 12.4. The first-order valence-corrected chi connectivity index (χ1v) is 12.4. The van der Waals surface area contributed by atoms with E-state index in [0.717, 1.165) is 17.7 Å². The minimum absolute atomic E-state index is 0.0432.